The number of aliphatic hydroxyl groups excluding tert-OH is 10. The van der Waals surface area contributed by atoms with Gasteiger partial charge in [-0.3, -0.25) is 4.79 Å². The highest BCUT2D eigenvalue weighted by atomic mass is 16.8. The number of phenolic OH excluding ortho intramolecular Hbond substituents is 3. The average Bonchev–Trinajstić information content (AvgIpc) is 3.40. The van der Waals surface area contributed by atoms with Crippen molar-refractivity contribution in [2.24, 2.45) is 0 Å². The van der Waals surface area contributed by atoms with Gasteiger partial charge in [0.15, 0.2) is 53.5 Å². The molecule has 5 heterocycles. The molecule has 8 rings (SSSR count). The van der Waals surface area contributed by atoms with Gasteiger partial charge in [-0.1, -0.05) is 6.07 Å². The topological polar surface area (TPSA) is 412 Å². The van der Waals surface area contributed by atoms with Gasteiger partial charge in [-0.2, -0.15) is 0 Å². The normalized spacial score (nSPS) is 35.6. The molecule has 422 valence electrons. The summed E-state index contributed by atoms with van der Waals surface area (Å²) in [5.74, 6) is -4.27. The Morgan fingerprint density at radius 2 is 1.14 bits per heavy atom. The van der Waals surface area contributed by atoms with Crippen molar-refractivity contribution in [2.75, 3.05) is 20.8 Å². The zero-order valence-corrected chi connectivity index (χ0v) is 41.6. The van der Waals surface area contributed by atoms with E-state index in [-0.39, 0.29) is 34.3 Å². The summed E-state index contributed by atoms with van der Waals surface area (Å²) in [6.07, 6.45) is -32.4. The third kappa shape index (κ3) is 11.8. The van der Waals surface area contributed by atoms with Crippen molar-refractivity contribution in [1.82, 2.24) is 0 Å². The fourth-order valence-electron chi connectivity index (χ4n) is 8.97. The van der Waals surface area contributed by atoms with Gasteiger partial charge in [0.05, 0.1) is 39.1 Å². The Morgan fingerprint density at radius 1 is 0.584 bits per heavy atom. The van der Waals surface area contributed by atoms with E-state index in [1.165, 1.54) is 71.4 Å². The van der Waals surface area contributed by atoms with Crippen molar-refractivity contribution in [1.29, 1.82) is 0 Å². The molecule has 0 aliphatic carbocycles. The van der Waals surface area contributed by atoms with Crippen molar-refractivity contribution >= 4 is 23.0 Å². The monoisotopic (exact) mass is 1090 g/mol. The number of carbonyl (C=O) groups excluding carboxylic acids is 1. The minimum Gasteiger partial charge on any atom is -0.507 e. The van der Waals surface area contributed by atoms with Gasteiger partial charge in [-0.05, 0) is 62.7 Å². The summed E-state index contributed by atoms with van der Waals surface area (Å²) < 4.78 is 69.7. The minimum absolute atomic E-state index is 0.0593. The van der Waals surface area contributed by atoms with Crippen LogP contribution in [0.4, 0.5) is 0 Å². The Bertz CT molecular complexity index is 2800. The molecule has 0 radical (unpaired) electrons. The molecule has 1 aromatic heterocycles. The van der Waals surface area contributed by atoms with Crippen LogP contribution in [-0.4, -0.2) is 216 Å². The molecular formula is C50H60O27. The van der Waals surface area contributed by atoms with Gasteiger partial charge in [0, 0.05) is 23.8 Å². The predicted molar refractivity (Wildman–Crippen MR) is 255 cm³/mol. The van der Waals surface area contributed by atoms with E-state index in [4.69, 9.17) is 56.5 Å². The first kappa shape index (κ1) is 57.2. The van der Waals surface area contributed by atoms with Crippen LogP contribution >= 0.6 is 0 Å². The number of aromatic hydroxyl groups is 3. The molecule has 77 heavy (non-hydrogen) atoms. The van der Waals surface area contributed by atoms with Crippen molar-refractivity contribution in [2.45, 2.75) is 144 Å². The summed E-state index contributed by atoms with van der Waals surface area (Å²) in [7, 11) is 2.52. The van der Waals surface area contributed by atoms with Gasteiger partial charge >= 0.3 is 5.97 Å². The Hall–Kier alpha value is -5.96. The van der Waals surface area contributed by atoms with Gasteiger partial charge < -0.3 is 123 Å². The smallest absolute Gasteiger partial charge is 0.331 e. The van der Waals surface area contributed by atoms with Crippen LogP contribution in [0, 0.1) is 0 Å². The van der Waals surface area contributed by atoms with Gasteiger partial charge in [-0.25, -0.2) is 4.79 Å². The second-order valence-electron chi connectivity index (χ2n) is 18.7. The standard InChI is InChI=1S/C50H60O27/c1-17-32(55)36(59)39(62)47(69-17)68-16-29-44(75-30(54)11-7-20-6-9-23(51)26(12-20)66-4)42(65)46(77-49-41(64)38(61)34(57)19(3)71-49)50(74-29)76-45-35(58)31-25(53)14-22(72-48-40(63)37(60)33(56)18(2)70-48)15-28(31)73-43(45)21-8-10-24(52)27(13-21)67-5/h6-15,17-19,29,32-34,36-42,44,46-53,55-57,59-65H,16H2,1-5H3/t17-,18-,19-,29-,32-,33-,34-,36+,37+,38+,39+,40+,41+,42+,44+,46-,47+,48-,49+,50+/m1/s1. The Balaban J connectivity index is 1.23. The van der Waals surface area contributed by atoms with Gasteiger partial charge in [0.25, 0.3) is 0 Å². The Labute approximate surface area is 436 Å². The highest BCUT2D eigenvalue weighted by Gasteiger charge is 2.54. The van der Waals surface area contributed by atoms with E-state index in [2.05, 4.69) is 0 Å². The summed E-state index contributed by atoms with van der Waals surface area (Å²) in [4.78, 5) is 28.7. The Kier molecular flexibility index (Phi) is 17.5. The summed E-state index contributed by atoms with van der Waals surface area (Å²) in [6, 6.07) is 9.78. The molecular weight excluding hydrogens is 1030 g/mol. The summed E-state index contributed by atoms with van der Waals surface area (Å²) in [5.41, 5.74) is -1.32. The SMILES string of the molecule is COc1cc(C=CC(=O)O[C@@H]2[C@H](O)[C@@H](O[C@@H]3O[C@H](C)[C@@H](O)[C@H](O)[C@@H]3O)[C@H](Oc3c(-c4ccc(O)c(OC)c4)oc4cc(O[C@H]5O[C@H](C)[C@@H](O)[C@H](O)[C@@H]5O)cc(O)c4c3=O)O[C@@H]2CO[C@H]2O[C@H](C)[C@@H](O)[C@H](O)[C@@H]2O)ccc1O. The predicted octanol–water partition coefficient (Wildman–Crippen LogP) is -2.05. The number of carbonyl (C=O) groups is 1. The highest BCUT2D eigenvalue weighted by molar-refractivity contribution is 5.89. The molecule has 27 heteroatoms. The molecule has 3 aromatic carbocycles. The lowest BCUT2D eigenvalue weighted by molar-refractivity contribution is -0.360. The van der Waals surface area contributed by atoms with E-state index in [1.807, 2.05) is 0 Å². The number of hydrogen-bond donors (Lipinski definition) is 13. The van der Waals surface area contributed by atoms with Crippen LogP contribution in [0.3, 0.4) is 0 Å². The van der Waals surface area contributed by atoms with Crippen LogP contribution in [0.1, 0.15) is 26.3 Å². The van der Waals surface area contributed by atoms with Gasteiger partial charge in [0.2, 0.25) is 23.8 Å². The quantitative estimate of drug-likeness (QED) is 0.0450. The van der Waals surface area contributed by atoms with Crippen LogP contribution in [0.5, 0.6) is 40.2 Å². The molecule has 0 saturated carbocycles. The highest BCUT2D eigenvalue weighted by Crippen LogP contribution is 2.42. The molecule has 4 aromatic rings. The van der Waals surface area contributed by atoms with Crippen LogP contribution in [-0.2, 0) is 38.0 Å². The van der Waals surface area contributed by atoms with E-state index in [9.17, 15) is 76.0 Å². The fraction of sp³-hybridized carbons (Fsp3) is 0.520. The first-order chi connectivity index (χ1) is 36.5. The molecule has 13 N–H and O–H groups in total. The third-order valence-corrected chi connectivity index (χ3v) is 13.5. The van der Waals surface area contributed by atoms with E-state index in [0.717, 1.165) is 24.3 Å². The zero-order valence-electron chi connectivity index (χ0n) is 41.6. The summed E-state index contributed by atoms with van der Waals surface area (Å²) in [5, 5.41) is 140. The molecule has 4 fully saturated rings. The van der Waals surface area contributed by atoms with Gasteiger partial charge in [0.1, 0.15) is 89.6 Å². The maximum atomic E-state index is 15.0. The number of aliphatic hydroxyl groups is 10. The molecule has 0 bridgehead atoms. The van der Waals surface area contributed by atoms with Crippen molar-refractivity contribution in [3.63, 3.8) is 0 Å². The third-order valence-electron chi connectivity index (χ3n) is 13.5. The van der Waals surface area contributed by atoms with Crippen LogP contribution in [0.2, 0.25) is 0 Å². The zero-order chi connectivity index (χ0) is 55.9. The average molecular weight is 1090 g/mol. The van der Waals surface area contributed by atoms with Crippen LogP contribution in [0.15, 0.2) is 63.8 Å². The summed E-state index contributed by atoms with van der Waals surface area (Å²) >= 11 is 0. The number of methoxy groups -OCH3 is 2. The number of benzene rings is 3. The van der Waals surface area contributed by atoms with E-state index in [1.54, 1.807) is 0 Å². The molecule has 0 unspecified atom stereocenters. The number of rotatable bonds is 15. The van der Waals surface area contributed by atoms with Crippen molar-refractivity contribution in [3.8, 4) is 51.6 Å². The number of phenols is 3. The lowest BCUT2D eigenvalue weighted by atomic mass is 9.97. The number of ether oxygens (including phenoxy) is 11. The molecule has 20 atom stereocenters. The molecule has 0 amide bonds. The summed E-state index contributed by atoms with van der Waals surface area (Å²) in [6.45, 7) is 3.28. The first-order valence-corrected chi connectivity index (χ1v) is 24.0. The van der Waals surface area contributed by atoms with E-state index in [0.29, 0.717) is 5.56 Å². The molecule has 0 spiro atoms. The maximum absolute atomic E-state index is 15.0. The van der Waals surface area contributed by atoms with Crippen molar-refractivity contribution < 1.29 is 128 Å². The van der Waals surface area contributed by atoms with E-state index >= 15 is 0 Å². The fourth-order valence-corrected chi connectivity index (χ4v) is 8.97. The molecule has 4 aliphatic rings. The lowest BCUT2D eigenvalue weighted by Gasteiger charge is -2.47. The molecule has 4 saturated heterocycles. The first-order valence-electron chi connectivity index (χ1n) is 24.0. The largest absolute Gasteiger partial charge is 0.507 e. The van der Waals surface area contributed by atoms with Crippen LogP contribution < -0.4 is 24.4 Å². The second kappa shape index (κ2) is 23.6. The van der Waals surface area contributed by atoms with E-state index < -0.39 is 169 Å². The number of hydrogen-bond acceptors (Lipinski definition) is 27. The number of esters is 1. The Morgan fingerprint density at radius 3 is 1.77 bits per heavy atom. The lowest BCUT2D eigenvalue weighted by Crippen LogP contribution is -2.65. The second-order valence-corrected chi connectivity index (χ2v) is 18.7. The molecule has 4 aliphatic heterocycles. The van der Waals surface area contributed by atoms with Crippen LogP contribution in [0.25, 0.3) is 28.4 Å². The minimum atomic E-state index is -2.20. The molecule has 27 nitrogen and oxygen atoms in total. The van der Waals surface area contributed by atoms with Crippen molar-refractivity contribution in [3.05, 3.63) is 70.4 Å². The van der Waals surface area contributed by atoms with Gasteiger partial charge in [-0.15, -0.1) is 0 Å². The number of fused-ring (bicyclic) bond motifs is 1. The maximum Gasteiger partial charge on any atom is 0.331 e.